The first kappa shape index (κ1) is 22.5. The molecular weight excluding hydrogens is 430 g/mol. The van der Waals surface area contributed by atoms with Crippen LogP contribution >= 0.6 is 11.3 Å². The van der Waals surface area contributed by atoms with Crippen LogP contribution in [0, 0.1) is 19.8 Å². The average Bonchev–Trinajstić information content (AvgIpc) is 3.39. The number of benzene rings is 1. The zero-order valence-corrected chi connectivity index (χ0v) is 19.5. The molecule has 2 aromatic heterocycles. The molecule has 1 saturated heterocycles. The van der Waals surface area contributed by atoms with Crippen LogP contribution in [0.1, 0.15) is 28.8 Å². The normalized spacial score (nSPS) is 20.8. The number of carbonyl (C=O) groups is 1. The number of carbonyl (C=O) groups excluding carboxylic acids is 1. The minimum atomic E-state index is -1.32. The van der Waals surface area contributed by atoms with Crippen molar-refractivity contribution in [3.63, 3.8) is 0 Å². The molecule has 0 amide bonds. The van der Waals surface area contributed by atoms with Crippen molar-refractivity contribution in [1.29, 1.82) is 0 Å². The molecule has 0 saturated carbocycles. The van der Waals surface area contributed by atoms with Crippen molar-refractivity contribution in [2.45, 2.75) is 39.6 Å². The van der Waals surface area contributed by atoms with Gasteiger partial charge in [-0.2, -0.15) is 0 Å². The van der Waals surface area contributed by atoms with E-state index in [9.17, 15) is 4.79 Å². The highest BCUT2D eigenvalue weighted by molar-refractivity contribution is 7.15. The lowest BCUT2D eigenvalue weighted by molar-refractivity contribution is -0.272. The SMILES string of the molecule is COC(=O)C1(C)OCC(Cc2ccc(OCc3nc(-c4ccc(C)s4)oc3C)cc2)CO1. The van der Waals surface area contributed by atoms with Gasteiger partial charge in [-0.05, 0) is 50.1 Å². The first-order chi connectivity index (χ1) is 15.4. The number of hydrogen-bond acceptors (Lipinski definition) is 8. The van der Waals surface area contributed by atoms with E-state index in [4.69, 9.17) is 23.4 Å². The van der Waals surface area contributed by atoms with E-state index in [1.165, 1.54) is 12.0 Å². The molecule has 3 aromatic rings. The van der Waals surface area contributed by atoms with Crippen molar-refractivity contribution in [1.82, 2.24) is 4.98 Å². The van der Waals surface area contributed by atoms with E-state index in [0.29, 0.717) is 25.7 Å². The molecule has 32 heavy (non-hydrogen) atoms. The molecule has 0 radical (unpaired) electrons. The van der Waals surface area contributed by atoms with Crippen LogP contribution in [-0.2, 0) is 32.0 Å². The second-order valence-corrected chi connectivity index (χ2v) is 9.28. The van der Waals surface area contributed by atoms with Gasteiger partial charge in [-0.15, -0.1) is 11.3 Å². The summed E-state index contributed by atoms with van der Waals surface area (Å²) in [7, 11) is 1.32. The summed E-state index contributed by atoms with van der Waals surface area (Å²) in [5, 5.41) is 0. The van der Waals surface area contributed by atoms with E-state index in [1.807, 2.05) is 37.3 Å². The second kappa shape index (κ2) is 9.44. The van der Waals surface area contributed by atoms with Crippen molar-refractivity contribution >= 4 is 17.3 Å². The van der Waals surface area contributed by atoms with Crippen molar-refractivity contribution in [2.75, 3.05) is 20.3 Å². The summed E-state index contributed by atoms with van der Waals surface area (Å²) in [6.07, 6.45) is 0.781. The summed E-state index contributed by atoms with van der Waals surface area (Å²) in [5.41, 5.74) is 1.93. The second-order valence-electron chi connectivity index (χ2n) is 7.99. The van der Waals surface area contributed by atoms with E-state index < -0.39 is 11.8 Å². The summed E-state index contributed by atoms with van der Waals surface area (Å²) in [6, 6.07) is 12.0. The fourth-order valence-corrected chi connectivity index (χ4v) is 4.28. The summed E-state index contributed by atoms with van der Waals surface area (Å²) in [5.74, 6) is 0.492. The molecule has 1 fully saturated rings. The Balaban J connectivity index is 1.29. The smallest absolute Gasteiger partial charge is 0.366 e. The Morgan fingerprint density at radius 1 is 1.16 bits per heavy atom. The monoisotopic (exact) mass is 457 g/mol. The van der Waals surface area contributed by atoms with Crippen molar-refractivity contribution in [3.8, 4) is 16.5 Å². The van der Waals surface area contributed by atoms with Gasteiger partial charge < -0.3 is 23.4 Å². The van der Waals surface area contributed by atoms with Crippen molar-refractivity contribution in [3.05, 3.63) is 58.3 Å². The van der Waals surface area contributed by atoms with Crippen LogP contribution in [0.25, 0.3) is 10.8 Å². The Kier molecular flexibility index (Phi) is 6.64. The van der Waals surface area contributed by atoms with E-state index in [1.54, 1.807) is 18.3 Å². The number of aromatic nitrogens is 1. The third kappa shape index (κ3) is 5.03. The number of hydrogen-bond donors (Lipinski definition) is 0. The van der Waals surface area contributed by atoms with Gasteiger partial charge in [-0.3, -0.25) is 0 Å². The molecule has 170 valence electrons. The Hall–Kier alpha value is -2.68. The van der Waals surface area contributed by atoms with Crippen LogP contribution in [0.3, 0.4) is 0 Å². The molecule has 1 aliphatic rings. The fourth-order valence-electron chi connectivity index (χ4n) is 3.49. The van der Waals surface area contributed by atoms with E-state index in [2.05, 4.69) is 18.0 Å². The minimum Gasteiger partial charge on any atom is -0.487 e. The van der Waals surface area contributed by atoms with Crippen LogP contribution in [0.5, 0.6) is 5.75 Å². The Bertz CT molecular complexity index is 1060. The first-order valence-corrected chi connectivity index (χ1v) is 11.3. The van der Waals surface area contributed by atoms with Crippen LogP contribution in [-0.4, -0.2) is 37.1 Å². The molecule has 4 rings (SSSR count). The third-order valence-electron chi connectivity index (χ3n) is 5.41. The molecule has 0 atom stereocenters. The molecule has 0 spiro atoms. The van der Waals surface area contributed by atoms with E-state index in [-0.39, 0.29) is 5.92 Å². The first-order valence-electron chi connectivity index (χ1n) is 10.5. The number of aryl methyl sites for hydroxylation is 2. The average molecular weight is 458 g/mol. The third-order valence-corrected chi connectivity index (χ3v) is 6.40. The number of rotatable bonds is 7. The summed E-state index contributed by atoms with van der Waals surface area (Å²) in [4.78, 5) is 18.6. The lowest BCUT2D eigenvalue weighted by atomic mass is 9.99. The van der Waals surface area contributed by atoms with Gasteiger partial charge in [-0.25, -0.2) is 9.78 Å². The van der Waals surface area contributed by atoms with Gasteiger partial charge in [0, 0.05) is 17.7 Å². The van der Waals surface area contributed by atoms with Gasteiger partial charge in [0.15, 0.2) is 0 Å². The summed E-state index contributed by atoms with van der Waals surface area (Å²) >= 11 is 1.66. The highest BCUT2D eigenvalue weighted by atomic mass is 32.1. The molecule has 0 unspecified atom stereocenters. The fraction of sp³-hybridized carbons (Fsp3) is 0.417. The highest BCUT2D eigenvalue weighted by Crippen LogP contribution is 2.29. The minimum absolute atomic E-state index is 0.164. The molecule has 0 aliphatic carbocycles. The van der Waals surface area contributed by atoms with Gasteiger partial charge in [0.2, 0.25) is 5.89 Å². The maximum absolute atomic E-state index is 11.8. The van der Waals surface area contributed by atoms with Crippen molar-refractivity contribution < 1.29 is 28.2 Å². The Morgan fingerprint density at radius 2 is 1.88 bits per heavy atom. The van der Waals surface area contributed by atoms with Gasteiger partial charge in [0.05, 0.1) is 25.2 Å². The highest BCUT2D eigenvalue weighted by Gasteiger charge is 2.41. The number of esters is 1. The molecule has 0 N–H and O–H groups in total. The number of nitrogens with zero attached hydrogens (tertiary/aromatic N) is 1. The van der Waals surface area contributed by atoms with Crippen LogP contribution in [0.4, 0.5) is 0 Å². The van der Waals surface area contributed by atoms with Crippen LogP contribution in [0.15, 0.2) is 40.8 Å². The zero-order chi connectivity index (χ0) is 22.7. The molecule has 7 nitrogen and oxygen atoms in total. The predicted octanol–water partition coefficient (Wildman–Crippen LogP) is 4.69. The zero-order valence-electron chi connectivity index (χ0n) is 18.7. The number of methoxy groups -OCH3 is 1. The van der Waals surface area contributed by atoms with Crippen LogP contribution in [0.2, 0.25) is 0 Å². The molecule has 3 heterocycles. The molecule has 8 heteroatoms. The van der Waals surface area contributed by atoms with Gasteiger partial charge >= 0.3 is 5.97 Å². The van der Waals surface area contributed by atoms with E-state index >= 15 is 0 Å². The standard InChI is InChI=1S/C24H27NO6S/c1-15-5-10-21(32-15)22-25-20(16(2)31-22)14-28-19-8-6-17(7-9-19)11-18-12-29-24(3,30-13-18)23(26)27-4/h5-10,18H,11-14H2,1-4H3. The largest absolute Gasteiger partial charge is 0.487 e. The molecule has 1 aliphatic heterocycles. The molecule has 1 aromatic carbocycles. The van der Waals surface area contributed by atoms with Crippen molar-refractivity contribution in [2.24, 2.45) is 5.92 Å². The van der Waals surface area contributed by atoms with Gasteiger partial charge in [-0.1, -0.05) is 12.1 Å². The maximum atomic E-state index is 11.8. The Labute approximate surface area is 191 Å². The van der Waals surface area contributed by atoms with Gasteiger partial charge in [0.1, 0.15) is 23.8 Å². The quantitative estimate of drug-likeness (QED) is 0.476. The van der Waals surface area contributed by atoms with Crippen LogP contribution < -0.4 is 4.74 Å². The van der Waals surface area contributed by atoms with Gasteiger partial charge in [0.25, 0.3) is 5.79 Å². The van der Waals surface area contributed by atoms with E-state index in [0.717, 1.165) is 34.1 Å². The summed E-state index contributed by atoms with van der Waals surface area (Å²) in [6.45, 7) is 6.75. The number of thiophene rings is 1. The number of oxazole rings is 1. The number of ether oxygens (including phenoxy) is 4. The Morgan fingerprint density at radius 3 is 2.50 bits per heavy atom. The lowest BCUT2D eigenvalue weighted by Gasteiger charge is -2.35. The molecule has 0 bridgehead atoms. The predicted molar refractivity (Wildman–Crippen MR) is 120 cm³/mol. The lowest BCUT2D eigenvalue weighted by Crippen LogP contribution is -2.48. The summed E-state index contributed by atoms with van der Waals surface area (Å²) < 4.78 is 27.7. The maximum Gasteiger partial charge on any atom is 0.366 e. The topological polar surface area (TPSA) is 80.0 Å². The molecular formula is C24H27NO6S.